The predicted octanol–water partition coefficient (Wildman–Crippen LogP) is 5.95. The van der Waals surface area contributed by atoms with Crippen LogP contribution in [0.3, 0.4) is 0 Å². The molecule has 2 heteroatoms. The van der Waals surface area contributed by atoms with Crippen molar-refractivity contribution in [2.45, 2.75) is 117 Å². The first-order valence-corrected chi connectivity index (χ1v) is 11.3. The second-order valence-electron chi connectivity index (χ2n) is 9.35. The van der Waals surface area contributed by atoms with Gasteiger partial charge in [-0.15, -0.1) is 0 Å². The van der Waals surface area contributed by atoms with Crippen LogP contribution in [0.4, 0.5) is 0 Å². The van der Waals surface area contributed by atoms with E-state index in [4.69, 9.17) is 0 Å². The molecule has 2 rings (SSSR count). The van der Waals surface area contributed by atoms with E-state index in [2.05, 4.69) is 20.8 Å². The Bertz CT molecular complexity index is 342. The molecule has 2 saturated carbocycles. The van der Waals surface area contributed by atoms with Gasteiger partial charge in [0.2, 0.25) is 0 Å². The Hall–Kier alpha value is -0.0800. The van der Waals surface area contributed by atoms with Gasteiger partial charge in [0.25, 0.3) is 0 Å². The quantitative estimate of drug-likeness (QED) is 0.567. The van der Waals surface area contributed by atoms with Crippen LogP contribution in [0.5, 0.6) is 0 Å². The van der Waals surface area contributed by atoms with Crippen LogP contribution in [0, 0.1) is 29.1 Å². The van der Waals surface area contributed by atoms with E-state index in [1.807, 2.05) is 6.92 Å². The van der Waals surface area contributed by atoms with E-state index in [1.54, 1.807) is 0 Å². The van der Waals surface area contributed by atoms with Gasteiger partial charge >= 0.3 is 0 Å². The highest BCUT2D eigenvalue weighted by Crippen LogP contribution is 2.54. The molecule has 0 aromatic rings. The number of aliphatic hydroxyl groups is 2. The summed E-state index contributed by atoms with van der Waals surface area (Å²) in [6.45, 7) is 8.85. The fraction of sp³-hybridized carbons (Fsp3) is 1.00. The molecule has 4 unspecified atom stereocenters. The van der Waals surface area contributed by atoms with Crippen molar-refractivity contribution in [2.24, 2.45) is 29.1 Å². The normalized spacial score (nSPS) is 28.1. The van der Waals surface area contributed by atoms with Gasteiger partial charge in [-0.25, -0.2) is 0 Å². The first-order valence-electron chi connectivity index (χ1n) is 11.3. The second kappa shape index (κ2) is 9.74. The number of hydrogen-bond donors (Lipinski definition) is 2. The molecule has 2 fully saturated rings. The molecule has 148 valence electrons. The topological polar surface area (TPSA) is 40.5 Å². The molecule has 2 aliphatic carbocycles. The van der Waals surface area contributed by atoms with Crippen molar-refractivity contribution in [2.75, 3.05) is 0 Å². The minimum atomic E-state index is -0.442. The predicted molar refractivity (Wildman–Crippen MR) is 107 cm³/mol. The Balaban J connectivity index is 2.35. The summed E-state index contributed by atoms with van der Waals surface area (Å²) >= 11 is 0. The summed E-state index contributed by atoms with van der Waals surface area (Å²) in [4.78, 5) is 0. The van der Waals surface area contributed by atoms with E-state index < -0.39 is 6.10 Å². The third-order valence-corrected chi connectivity index (χ3v) is 8.15. The van der Waals surface area contributed by atoms with Crippen LogP contribution in [0.25, 0.3) is 0 Å². The summed E-state index contributed by atoms with van der Waals surface area (Å²) in [6, 6.07) is 0. The molecule has 0 spiro atoms. The molecular formula is C23H44O2. The van der Waals surface area contributed by atoms with Gasteiger partial charge < -0.3 is 10.2 Å². The summed E-state index contributed by atoms with van der Waals surface area (Å²) in [6.07, 6.45) is 14.1. The molecule has 2 nitrogen and oxygen atoms in total. The Labute approximate surface area is 156 Å². The zero-order valence-corrected chi connectivity index (χ0v) is 17.3. The smallest absolute Gasteiger partial charge is 0.0626 e. The van der Waals surface area contributed by atoms with Gasteiger partial charge in [-0.1, -0.05) is 91.4 Å². The molecule has 0 bridgehead atoms. The third-order valence-electron chi connectivity index (χ3n) is 8.15. The van der Waals surface area contributed by atoms with E-state index in [1.165, 1.54) is 64.2 Å². The Kier molecular flexibility index (Phi) is 8.27. The fourth-order valence-corrected chi connectivity index (χ4v) is 6.67. The van der Waals surface area contributed by atoms with Gasteiger partial charge in [-0.05, 0) is 37.0 Å². The maximum absolute atomic E-state index is 11.4. The molecular weight excluding hydrogens is 308 g/mol. The van der Waals surface area contributed by atoms with Crippen molar-refractivity contribution in [3.05, 3.63) is 0 Å². The van der Waals surface area contributed by atoms with Crippen LogP contribution < -0.4 is 0 Å². The second-order valence-corrected chi connectivity index (χ2v) is 9.35. The van der Waals surface area contributed by atoms with E-state index >= 15 is 0 Å². The van der Waals surface area contributed by atoms with Crippen molar-refractivity contribution >= 4 is 0 Å². The lowest BCUT2D eigenvalue weighted by atomic mass is 9.52. The SMILES string of the molecule is CCCC(O)C(C(C)O)(C(C)C1CCCCC1)C(C)C1CCCCC1. The molecule has 2 aliphatic rings. The fourth-order valence-electron chi connectivity index (χ4n) is 6.67. The lowest BCUT2D eigenvalue weighted by molar-refractivity contribution is -0.162. The van der Waals surface area contributed by atoms with Crippen molar-refractivity contribution < 1.29 is 10.2 Å². The summed E-state index contributed by atoms with van der Waals surface area (Å²) < 4.78 is 0. The number of aliphatic hydroxyl groups excluding tert-OH is 2. The number of hydrogen-bond acceptors (Lipinski definition) is 2. The van der Waals surface area contributed by atoms with Crippen LogP contribution in [0.15, 0.2) is 0 Å². The monoisotopic (exact) mass is 352 g/mol. The van der Waals surface area contributed by atoms with Gasteiger partial charge in [0.05, 0.1) is 12.2 Å². The van der Waals surface area contributed by atoms with E-state index in [-0.39, 0.29) is 11.5 Å². The van der Waals surface area contributed by atoms with Gasteiger partial charge in [-0.3, -0.25) is 0 Å². The molecule has 0 saturated heterocycles. The van der Waals surface area contributed by atoms with Gasteiger partial charge in [0.15, 0.2) is 0 Å². The highest BCUT2D eigenvalue weighted by atomic mass is 16.3. The van der Waals surface area contributed by atoms with Gasteiger partial charge in [0.1, 0.15) is 0 Å². The zero-order chi connectivity index (χ0) is 18.4. The highest BCUT2D eigenvalue weighted by Gasteiger charge is 2.54. The van der Waals surface area contributed by atoms with Crippen molar-refractivity contribution in [1.29, 1.82) is 0 Å². The average Bonchev–Trinajstić information content (AvgIpc) is 2.63. The third kappa shape index (κ3) is 4.43. The van der Waals surface area contributed by atoms with Crippen molar-refractivity contribution in [3.63, 3.8) is 0 Å². The summed E-state index contributed by atoms with van der Waals surface area (Å²) in [5, 5.41) is 22.5. The highest BCUT2D eigenvalue weighted by molar-refractivity contribution is 5.02. The molecule has 4 atom stereocenters. The van der Waals surface area contributed by atoms with Crippen LogP contribution in [-0.2, 0) is 0 Å². The molecule has 0 amide bonds. The zero-order valence-electron chi connectivity index (χ0n) is 17.3. The first kappa shape index (κ1) is 21.2. The standard InChI is InChI=1S/C23H44O2/c1-5-12-22(25)23(19(4)24,17(2)20-13-8-6-9-14-20)18(3)21-15-10-7-11-16-21/h17-22,24-25H,5-16H2,1-4H3. The lowest BCUT2D eigenvalue weighted by Crippen LogP contribution is -2.57. The molecule has 25 heavy (non-hydrogen) atoms. The first-order chi connectivity index (χ1) is 12.0. The molecule has 0 aliphatic heterocycles. The maximum atomic E-state index is 11.4. The number of rotatable bonds is 8. The minimum absolute atomic E-state index is 0.347. The van der Waals surface area contributed by atoms with Gasteiger partial charge in [0, 0.05) is 5.41 Å². The van der Waals surface area contributed by atoms with Crippen LogP contribution in [-0.4, -0.2) is 22.4 Å². The summed E-state index contributed by atoms with van der Waals surface area (Å²) in [5.74, 6) is 2.12. The summed E-state index contributed by atoms with van der Waals surface area (Å²) in [7, 11) is 0. The van der Waals surface area contributed by atoms with Crippen LogP contribution in [0.2, 0.25) is 0 Å². The average molecular weight is 353 g/mol. The Morgan fingerprint density at radius 3 is 1.48 bits per heavy atom. The minimum Gasteiger partial charge on any atom is -0.393 e. The Morgan fingerprint density at radius 1 is 0.760 bits per heavy atom. The van der Waals surface area contributed by atoms with Crippen molar-refractivity contribution in [3.8, 4) is 0 Å². The maximum Gasteiger partial charge on any atom is 0.0626 e. The summed E-state index contributed by atoms with van der Waals surface area (Å²) in [5.41, 5.74) is -0.347. The molecule has 2 N–H and O–H groups in total. The van der Waals surface area contributed by atoms with Crippen LogP contribution >= 0.6 is 0 Å². The van der Waals surface area contributed by atoms with E-state index in [9.17, 15) is 10.2 Å². The Morgan fingerprint density at radius 2 is 1.16 bits per heavy atom. The molecule has 0 heterocycles. The van der Waals surface area contributed by atoms with E-state index in [0.29, 0.717) is 23.7 Å². The van der Waals surface area contributed by atoms with Crippen molar-refractivity contribution in [1.82, 2.24) is 0 Å². The largest absolute Gasteiger partial charge is 0.393 e. The lowest BCUT2D eigenvalue weighted by Gasteiger charge is -2.55. The van der Waals surface area contributed by atoms with Crippen LogP contribution in [0.1, 0.15) is 105 Å². The molecule has 0 aromatic carbocycles. The van der Waals surface area contributed by atoms with Gasteiger partial charge in [-0.2, -0.15) is 0 Å². The van der Waals surface area contributed by atoms with E-state index in [0.717, 1.165) is 12.8 Å². The molecule has 0 radical (unpaired) electrons. The molecule has 0 aromatic heterocycles.